The van der Waals surface area contributed by atoms with Gasteiger partial charge in [0.2, 0.25) is 0 Å². The number of carboxylic acid groups (broad SMARTS) is 1. The summed E-state index contributed by atoms with van der Waals surface area (Å²) in [6, 6.07) is 6.01. The molecule has 0 aliphatic carbocycles. The lowest BCUT2D eigenvalue weighted by atomic mass is 10.1. The Morgan fingerprint density at radius 2 is 2.30 bits per heavy atom. The van der Waals surface area contributed by atoms with Crippen LogP contribution in [0, 0.1) is 5.82 Å². The second kappa shape index (κ2) is 4.94. The topological polar surface area (TPSA) is 51.5 Å². The minimum atomic E-state index is -0.970. The van der Waals surface area contributed by atoms with Gasteiger partial charge < -0.3 is 14.4 Å². The zero-order valence-electron chi connectivity index (χ0n) is 10.3. The smallest absolute Gasteiger partial charge is 0.337 e. The Balaban J connectivity index is 1.76. The van der Waals surface area contributed by atoms with Crippen molar-refractivity contribution in [2.24, 2.45) is 0 Å². The first-order chi connectivity index (χ1) is 9.52. The van der Waals surface area contributed by atoms with Crippen molar-refractivity contribution in [2.75, 3.05) is 0 Å². The Kier molecular flexibility index (Phi) is 3.25. The summed E-state index contributed by atoms with van der Waals surface area (Å²) >= 11 is 3.32. The van der Waals surface area contributed by atoms with E-state index in [1.807, 2.05) is 0 Å². The molecular formula is C14H11BrFNO3. The van der Waals surface area contributed by atoms with E-state index in [4.69, 9.17) is 9.84 Å². The summed E-state index contributed by atoms with van der Waals surface area (Å²) < 4.78 is 21.3. The summed E-state index contributed by atoms with van der Waals surface area (Å²) in [5.74, 6) is -0.552. The fraction of sp³-hybridized carbons (Fsp3) is 0.214. The number of benzene rings is 1. The lowest BCUT2D eigenvalue weighted by molar-refractivity contribution is 0.0696. The molecule has 1 atom stereocenters. The van der Waals surface area contributed by atoms with E-state index < -0.39 is 5.97 Å². The standard InChI is InChI=1S/C14H11BrFNO3/c15-13-5-9(14(18)19)6-17(13)7-11-4-8-3-10(16)1-2-12(8)20-11/h1-3,5-6,11H,4,7H2,(H,18,19). The number of halogens is 2. The van der Waals surface area contributed by atoms with Crippen molar-refractivity contribution in [1.29, 1.82) is 0 Å². The maximum Gasteiger partial charge on any atom is 0.337 e. The van der Waals surface area contributed by atoms with E-state index in [9.17, 15) is 9.18 Å². The van der Waals surface area contributed by atoms with Crippen LogP contribution >= 0.6 is 15.9 Å². The molecule has 1 N–H and O–H groups in total. The SMILES string of the molecule is O=C(O)c1cc(Br)n(CC2Cc3cc(F)ccc3O2)c1. The molecule has 1 unspecified atom stereocenters. The number of carbonyl (C=O) groups is 1. The summed E-state index contributed by atoms with van der Waals surface area (Å²) in [7, 11) is 0. The highest BCUT2D eigenvalue weighted by molar-refractivity contribution is 9.10. The van der Waals surface area contributed by atoms with Crippen LogP contribution in [0.2, 0.25) is 0 Å². The van der Waals surface area contributed by atoms with Crippen LogP contribution in [0.5, 0.6) is 5.75 Å². The number of rotatable bonds is 3. The van der Waals surface area contributed by atoms with Gasteiger partial charge in [-0.05, 0) is 40.2 Å². The van der Waals surface area contributed by atoms with Gasteiger partial charge in [-0.15, -0.1) is 0 Å². The fourth-order valence-corrected chi connectivity index (χ4v) is 2.84. The van der Waals surface area contributed by atoms with Crippen molar-refractivity contribution < 1.29 is 19.0 Å². The number of hydrogen-bond acceptors (Lipinski definition) is 2. The minimum absolute atomic E-state index is 0.128. The molecule has 0 saturated carbocycles. The molecule has 0 fully saturated rings. The van der Waals surface area contributed by atoms with Crippen molar-refractivity contribution in [3.8, 4) is 5.75 Å². The van der Waals surface area contributed by atoms with Gasteiger partial charge in [0.15, 0.2) is 0 Å². The van der Waals surface area contributed by atoms with Gasteiger partial charge in [-0.1, -0.05) is 0 Å². The average Bonchev–Trinajstić information content (AvgIpc) is 2.93. The van der Waals surface area contributed by atoms with E-state index in [0.717, 1.165) is 5.56 Å². The lowest BCUT2D eigenvalue weighted by Gasteiger charge is -2.12. The molecule has 1 aliphatic heterocycles. The highest BCUT2D eigenvalue weighted by Crippen LogP contribution is 2.30. The second-order valence-electron chi connectivity index (χ2n) is 4.71. The maximum atomic E-state index is 13.1. The molecular weight excluding hydrogens is 329 g/mol. The van der Waals surface area contributed by atoms with Gasteiger partial charge in [-0.3, -0.25) is 0 Å². The number of fused-ring (bicyclic) bond motifs is 1. The van der Waals surface area contributed by atoms with Crippen LogP contribution in [0.1, 0.15) is 15.9 Å². The Morgan fingerprint density at radius 3 is 3.00 bits per heavy atom. The number of hydrogen-bond donors (Lipinski definition) is 1. The molecule has 6 heteroatoms. The average molecular weight is 340 g/mol. The summed E-state index contributed by atoms with van der Waals surface area (Å²) in [5, 5.41) is 8.95. The van der Waals surface area contributed by atoms with Crippen molar-refractivity contribution in [1.82, 2.24) is 4.57 Å². The summed E-state index contributed by atoms with van der Waals surface area (Å²) in [4.78, 5) is 10.9. The van der Waals surface area contributed by atoms with Crippen LogP contribution in [0.3, 0.4) is 0 Å². The zero-order valence-corrected chi connectivity index (χ0v) is 11.9. The highest BCUT2D eigenvalue weighted by Gasteiger charge is 2.24. The van der Waals surface area contributed by atoms with Crippen LogP contribution < -0.4 is 4.74 Å². The quantitative estimate of drug-likeness (QED) is 0.934. The number of carboxylic acids is 1. The Labute approximate surface area is 122 Å². The molecule has 0 bridgehead atoms. The maximum absolute atomic E-state index is 13.1. The van der Waals surface area contributed by atoms with E-state index in [0.29, 0.717) is 23.3 Å². The first-order valence-electron chi connectivity index (χ1n) is 6.07. The molecule has 2 aromatic rings. The molecule has 1 aliphatic rings. The van der Waals surface area contributed by atoms with Crippen LogP contribution in [-0.4, -0.2) is 21.7 Å². The van der Waals surface area contributed by atoms with Crippen LogP contribution in [0.25, 0.3) is 0 Å². The predicted molar refractivity (Wildman–Crippen MR) is 73.6 cm³/mol. The van der Waals surface area contributed by atoms with E-state index in [1.54, 1.807) is 22.9 Å². The highest BCUT2D eigenvalue weighted by atomic mass is 79.9. The summed E-state index contributed by atoms with van der Waals surface area (Å²) in [6.07, 6.45) is 2.04. The van der Waals surface area contributed by atoms with Crippen molar-refractivity contribution in [2.45, 2.75) is 19.1 Å². The van der Waals surface area contributed by atoms with Crippen molar-refractivity contribution in [3.05, 3.63) is 52.0 Å². The Bertz CT molecular complexity index is 683. The largest absolute Gasteiger partial charge is 0.488 e. The first-order valence-corrected chi connectivity index (χ1v) is 6.86. The molecule has 2 heterocycles. The van der Waals surface area contributed by atoms with E-state index in [2.05, 4.69) is 15.9 Å². The van der Waals surface area contributed by atoms with Gasteiger partial charge >= 0.3 is 5.97 Å². The third kappa shape index (κ3) is 2.43. The molecule has 4 nitrogen and oxygen atoms in total. The molecule has 0 amide bonds. The third-order valence-corrected chi connectivity index (χ3v) is 3.94. The van der Waals surface area contributed by atoms with Crippen LogP contribution in [0.15, 0.2) is 35.1 Å². The third-order valence-electron chi connectivity index (χ3n) is 3.25. The molecule has 0 radical (unpaired) electrons. The monoisotopic (exact) mass is 339 g/mol. The normalized spacial score (nSPS) is 16.8. The Morgan fingerprint density at radius 1 is 1.50 bits per heavy atom. The number of ether oxygens (including phenoxy) is 1. The van der Waals surface area contributed by atoms with Crippen LogP contribution in [0.4, 0.5) is 4.39 Å². The van der Waals surface area contributed by atoms with Gasteiger partial charge in [0, 0.05) is 18.2 Å². The lowest BCUT2D eigenvalue weighted by Crippen LogP contribution is -2.20. The van der Waals surface area contributed by atoms with Gasteiger partial charge in [0.05, 0.1) is 16.7 Å². The number of nitrogens with zero attached hydrogens (tertiary/aromatic N) is 1. The minimum Gasteiger partial charge on any atom is -0.488 e. The van der Waals surface area contributed by atoms with E-state index in [-0.39, 0.29) is 17.5 Å². The van der Waals surface area contributed by atoms with E-state index >= 15 is 0 Å². The summed E-state index contributed by atoms with van der Waals surface area (Å²) in [6.45, 7) is 0.504. The van der Waals surface area contributed by atoms with Gasteiger partial charge in [0.1, 0.15) is 17.7 Å². The Hall–Kier alpha value is -1.82. The molecule has 1 aromatic carbocycles. The molecule has 1 aromatic heterocycles. The molecule has 20 heavy (non-hydrogen) atoms. The molecule has 3 rings (SSSR count). The zero-order chi connectivity index (χ0) is 14.3. The molecule has 0 spiro atoms. The van der Waals surface area contributed by atoms with Gasteiger partial charge in [-0.2, -0.15) is 0 Å². The van der Waals surface area contributed by atoms with Crippen LogP contribution in [-0.2, 0) is 13.0 Å². The van der Waals surface area contributed by atoms with Crippen molar-refractivity contribution in [3.63, 3.8) is 0 Å². The molecule has 0 saturated heterocycles. The van der Waals surface area contributed by atoms with E-state index in [1.165, 1.54) is 12.1 Å². The first kappa shape index (κ1) is 13.2. The fourth-order valence-electron chi connectivity index (χ4n) is 2.35. The van der Waals surface area contributed by atoms with Crippen molar-refractivity contribution >= 4 is 21.9 Å². The van der Waals surface area contributed by atoms with Gasteiger partial charge in [-0.25, -0.2) is 9.18 Å². The molecule has 104 valence electrons. The van der Waals surface area contributed by atoms with Gasteiger partial charge in [0.25, 0.3) is 0 Å². The summed E-state index contributed by atoms with van der Waals surface area (Å²) in [5.41, 5.74) is 1.06. The number of aromatic nitrogens is 1. The number of aromatic carboxylic acids is 1. The second-order valence-corrected chi connectivity index (χ2v) is 5.52. The predicted octanol–water partition coefficient (Wildman–Crippen LogP) is 3.09.